The third-order valence-corrected chi connectivity index (χ3v) is 8.95. The molecule has 0 aliphatic carbocycles. The van der Waals surface area contributed by atoms with Gasteiger partial charge in [0.25, 0.3) is 10.0 Å². The molecule has 3 aromatic carbocycles. The van der Waals surface area contributed by atoms with Crippen LogP contribution < -0.4 is 9.62 Å². The van der Waals surface area contributed by atoms with E-state index in [9.17, 15) is 18.0 Å². The van der Waals surface area contributed by atoms with E-state index >= 15 is 0 Å². The minimum atomic E-state index is -4.15. The van der Waals surface area contributed by atoms with Gasteiger partial charge in [0.15, 0.2) is 0 Å². The molecule has 9 heteroatoms. The molecule has 2 amide bonds. The molecule has 214 valence electrons. The van der Waals surface area contributed by atoms with Crippen molar-refractivity contribution in [2.24, 2.45) is 0 Å². The molecule has 0 aromatic heterocycles. The van der Waals surface area contributed by atoms with Crippen molar-refractivity contribution >= 4 is 39.1 Å². The highest BCUT2D eigenvalue weighted by Crippen LogP contribution is 2.28. The quantitative estimate of drug-likeness (QED) is 0.289. The number of hydrogen-bond acceptors (Lipinski definition) is 4. The van der Waals surface area contributed by atoms with Crippen molar-refractivity contribution in [3.05, 3.63) is 94.5 Å². The minimum Gasteiger partial charge on any atom is -0.352 e. The third kappa shape index (κ3) is 7.64. The van der Waals surface area contributed by atoms with E-state index in [-0.39, 0.29) is 23.4 Å². The topological polar surface area (TPSA) is 86.8 Å². The molecule has 0 unspecified atom stereocenters. The summed E-state index contributed by atoms with van der Waals surface area (Å²) in [5.74, 6) is -0.743. The lowest BCUT2D eigenvalue weighted by atomic mass is 10.1. The first-order valence-electron chi connectivity index (χ1n) is 13.5. The van der Waals surface area contributed by atoms with Crippen LogP contribution in [-0.4, -0.2) is 43.8 Å². The number of halogens is 1. The molecule has 0 saturated heterocycles. The van der Waals surface area contributed by atoms with Crippen molar-refractivity contribution in [1.82, 2.24) is 10.2 Å². The van der Waals surface area contributed by atoms with Gasteiger partial charge in [-0.3, -0.25) is 13.9 Å². The SMILES string of the molecule is CC[C@H](C)NC(=O)[C@H](CC)N(Cc1ccc(C)cc1)C(=O)CN(c1ccccc1C)S(=O)(=O)c1ccc(Cl)cc1. The van der Waals surface area contributed by atoms with E-state index in [1.807, 2.05) is 58.0 Å². The van der Waals surface area contributed by atoms with Gasteiger partial charge in [0.1, 0.15) is 12.6 Å². The van der Waals surface area contributed by atoms with E-state index in [1.165, 1.54) is 29.2 Å². The van der Waals surface area contributed by atoms with Crippen molar-refractivity contribution in [2.45, 2.75) is 71.0 Å². The molecule has 1 N–H and O–H groups in total. The number of sulfonamides is 1. The van der Waals surface area contributed by atoms with Gasteiger partial charge in [-0.05, 0) is 75.1 Å². The number of benzene rings is 3. The molecule has 0 bridgehead atoms. The monoisotopic (exact) mass is 583 g/mol. The summed E-state index contributed by atoms with van der Waals surface area (Å²) in [5, 5.41) is 3.39. The second kappa shape index (κ2) is 13.8. The highest BCUT2D eigenvalue weighted by molar-refractivity contribution is 7.92. The molecule has 0 fully saturated rings. The van der Waals surface area contributed by atoms with E-state index < -0.39 is 28.5 Å². The molecular weight excluding hydrogens is 546 g/mol. The zero-order valence-electron chi connectivity index (χ0n) is 23.7. The summed E-state index contributed by atoms with van der Waals surface area (Å²) in [5.41, 5.74) is 3.00. The Bertz CT molecular complexity index is 1410. The Labute approximate surface area is 243 Å². The second-order valence-corrected chi connectivity index (χ2v) is 12.3. The van der Waals surface area contributed by atoms with Gasteiger partial charge in [-0.15, -0.1) is 0 Å². The van der Waals surface area contributed by atoms with Crippen LogP contribution in [0, 0.1) is 13.8 Å². The molecule has 3 aromatic rings. The predicted octanol–water partition coefficient (Wildman–Crippen LogP) is 5.87. The normalized spacial score (nSPS) is 12.8. The van der Waals surface area contributed by atoms with Gasteiger partial charge < -0.3 is 10.2 Å². The lowest BCUT2D eigenvalue weighted by Gasteiger charge is -2.34. The summed E-state index contributed by atoms with van der Waals surface area (Å²) in [4.78, 5) is 29.0. The Morgan fingerprint density at radius 2 is 1.52 bits per heavy atom. The zero-order valence-corrected chi connectivity index (χ0v) is 25.3. The van der Waals surface area contributed by atoms with Gasteiger partial charge in [-0.2, -0.15) is 0 Å². The summed E-state index contributed by atoms with van der Waals surface area (Å²) >= 11 is 6.02. The molecule has 2 atom stereocenters. The van der Waals surface area contributed by atoms with Crippen LogP contribution in [0.25, 0.3) is 0 Å². The van der Waals surface area contributed by atoms with Crippen LogP contribution in [0.4, 0.5) is 5.69 Å². The maximum Gasteiger partial charge on any atom is 0.264 e. The van der Waals surface area contributed by atoms with Gasteiger partial charge in [0.05, 0.1) is 10.6 Å². The van der Waals surface area contributed by atoms with Crippen LogP contribution in [0.1, 0.15) is 50.3 Å². The number of carbonyl (C=O) groups is 2. The zero-order chi connectivity index (χ0) is 29.4. The fourth-order valence-electron chi connectivity index (χ4n) is 4.34. The number of carbonyl (C=O) groups excluding carboxylic acids is 2. The number of para-hydroxylation sites is 1. The van der Waals surface area contributed by atoms with Crippen LogP contribution in [-0.2, 0) is 26.2 Å². The third-order valence-electron chi connectivity index (χ3n) is 6.93. The maximum absolute atomic E-state index is 14.1. The Morgan fingerprint density at radius 3 is 2.10 bits per heavy atom. The van der Waals surface area contributed by atoms with Crippen molar-refractivity contribution in [3.63, 3.8) is 0 Å². The van der Waals surface area contributed by atoms with Crippen molar-refractivity contribution in [2.75, 3.05) is 10.8 Å². The molecule has 40 heavy (non-hydrogen) atoms. The van der Waals surface area contributed by atoms with Crippen molar-refractivity contribution < 1.29 is 18.0 Å². The first-order chi connectivity index (χ1) is 19.0. The van der Waals surface area contributed by atoms with E-state index in [1.54, 1.807) is 25.1 Å². The summed E-state index contributed by atoms with van der Waals surface area (Å²) in [6.07, 6.45) is 1.11. The number of anilines is 1. The number of hydrogen-bond donors (Lipinski definition) is 1. The van der Waals surface area contributed by atoms with Crippen molar-refractivity contribution in [3.8, 4) is 0 Å². The fourth-order valence-corrected chi connectivity index (χ4v) is 5.95. The molecular formula is C31H38ClN3O4S. The van der Waals surface area contributed by atoms with Crippen LogP contribution >= 0.6 is 11.6 Å². The Morgan fingerprint density at radius 1 is 0.900 bits per heavy atom. The lowest BCUT2D eigenvalue weighted by molar-refractivity contribution is -0.140. The summed E-state index contributed by atoms with van der Waals surface area (Å²) < 4.78 is 29.0. The highest BCUT2D eigenvalue weighted by atomic mass is 35.5. The standard InChI is InChI=1S/C31H38ClN3O4S/c1-6-24(5)33-31(37)28(7-2)34(20-25-14-12-22(3)13-15-25)30(36)21-35(29-11-9-8-10-23(29)4)40(38,39)27-18-16-26(32)17-19-27/h8-19,24,28H,6-7,20-21H2,1-5H3,(H,33,37)/t24-,28-/m0/s1. The molecule has 0 saturated carbocycles. The minimum absolute atomic E-state index is 0.0135. The number of aryl methyl sites for hydroxylation is 2. The number of nitrogens with zero attached hydrogens (tertiary/aromatic N) is 2. The van der Waals surface area contributed by atoms with Crippen LogP contribution in [0.3, 0.4) is 0 Å². The lowest BCUT2D eigenvalue weighted by Crippen LogP contribution is -2.53. The predicted molar refractivity (Wildman–Crippen MR) is 161 cm³/mol. The average molecular weight is 584 g/mol. The van der Waals surface area contributed by atoms with Crippen LogP contribution in [0.15, 0.2) is 77.7 Å². The van der Waals surface area contributed by atoms with E-state index in [4.69, 9.17) is 11.6 Å². The fraction of sp³-hybridized carbons (Fsp3) is 0.355. The Balaban J connectivity index is 2.06. The van der Waals surface area contributed by atoms with Gasteiger partial charge >= 0.3 is 0 Å². The van der Waals surface area contributed by atoms with Crippen molar-refractivity contribution in [1.29, 1.82) is 0 Å². The second-order valence-electron chi connectivity index (χ2n) is 10.0. The van der Waals surface area contributed by atoms with Gasteiger partial charge in [0.2, 0.25) is 11.8 Å². The van der Waals surface area contributed by atoms with Crippen LogP contribution in [0.2, 0.25) is 5.02 Å². The van der Waals surface area contributed by atoms with Gasteiger partial charge in [0, 0.05) is 17.6 Å². The highest BCUT2D eigenvalue weighted by Gasteiger charge is 2.34. The van der Waals surface area contributed by atoms with Gasteiger partial charge in [-0.1, -0.05) is 73.5 Å². The van der Waals surface area contributed by atoms with Gasteiger partial charge in [-0.25, -0.2) is 8.42 Å². The molecule has 3 rings (SSSR count). The number of amides is 2. The van der Waals surface area contributed by atoms with E-state index in [2.05, 4.69) is 5.32 Å². The molecule has 0 radical (unpaired) electrons. The molecule has 0 spiro atoms. The molecule has 0 heterocycles. The molecule has 0 aliphatic heterocycles. The molecule has 0 aliphatic rings. The maximum atomic E-state index is 14.1. The molecule has 7 nitrogen and oxygen atoms in total. The average Bonchev–Trinajstić information content (AvgIpc) is 2.93. The first kappa shape index (κ1) is 31.2. The summed E-state index contributed by atoms with van der Waals surface area (Å²) in [7, 11) is -4.15. The van der Waals surface area contributed by atoms with E-state index in [0.717, 1.165) is 21.9 Å². The number of nitrogens with one attached hydrogen (secondary N) is 1. The Hall–Kier alpha value is -3.36. The van der Waals surface area contributed by atoms with E-state index in [0.29, 0.717) is 22.7 Å². The largest absolute Gasteiger partial charge is 0.352 e. The Kier molecular flexibility index (Phi) is 10.8. The summed E-state index contributed by atoms with van der Waals surface area (Å²) in [6, 6.07) is 19.7. The smallest absolute Gasteiger partial charge is 0.264 e. The number of rotatable bonds is 12. The van der Waals surface area contributed by atoms with Crippen LogP contribution in [0.5, 0.6) is 0 Å². The first-order valence-corrected chi connectivity index (χ1v) is 15.3. The summed E-state index contributed by atoms with van der Waals surface area (Å²) in [6.45, 7) is 9.19.